The van der Waals surface area contributed by atoms with Crippen LogP contribution in [-0.4, -0.2) is 223 Å². The van der Waals surface area contributed by atoms with Crippen molar-refractivity contribution in [2.24, 2.45) is 16.7 Å². The highest BCUT2D eigenvalue weighted by Gasteiger charge is 2.52. The van der Waals surface area contributed by atoms with Gasteiger partial charge in [-0.15, -0.1) is 0 Å². The van der Waals surface area contributed by atoms with Gasteiger partial charge in [0.25, 0.3) is 0 Å². The van der Waals surface area contributed by atoms with Gasteiger partial charge in [-0.2, -0.15) is 0 Å². The van der Waals surface area contributed by atoms with Gasteiger partial charge in [0, 0.05) is 5.92 Å². The second-order valence-electron chi connectivity index (χ2n) is 17.8. The number of rotatable bonds is 14. The summed E-state index contributed by atoms with van der Waals surface area (Å²) in [5, 5.41) is 130. The van der Waals surface area contributed by atoms with Crippen LogP contribution in [-0.2, 0) is 37.9 Å². The topological polar surface area (TPSA) is 337 Å². The predicted molar refractivity (Wildman–Crippen MR) is 196 cm³/mol. The first-order chi connectivity index (χ1) is 27.0. The smallest absolute Gasteiger partial charge is 0.187 e. The minimum atomic E-state index is -1.69. The molecule has 0 aromatic heterocycles. The molecule has 4 rings (SSSR count). The van der Waals surface area contributed by atoms with E-state index in [4.69, 9.17) is 43.0 Å². The first-order valence-corrected chi connectivity index (χ1v) is 19.7. The van der Waals surface area contributed by atoms with Crippen molar-refractivity contribution in [3.63, 3.8) is 0 Å². The zero-order chi connectivity index (χ0) is 43.9. The van der Waals surface area contributed by atoms with Gasteiger partial charge in [-0.25, -0.2) is 0 Å². The largest absolute Gasteiger partial charge is 0.394 e. The molecule has 58 heavy (non-hydrogen) atoms. The van der Waals surface area contributed by atoms with Crippen LogP contribution in [0.2, 0.25) is 0 Å². The van der Waals surface area contributed by atoms with Crippen LogP contribution in [0.3, 0.4) is 0 Å². The Morgan fingerprint density at radius 3 is 1.22 bits per heavy atom. The molecular weight excluding hydrogens is 780 g/mol. The molecule has 0 unspecified atom stereocenters. The Morgan fingerprint density at radius 1 is 0.414 bits per heavy atom. The van der Waals surface area contributed by atoms with Crippen LogP contribution in [0.25, 0.3) is 0 Å². The SMILES string of the molecule is CC(C)(C)CCO[C@H]1O[C@H](CO)[C@@H](O)[C@H](O)[C@@H]1O.C[C@H]1[C@H](O)[C@H](O)[C@@H](O[C@@H]2[C@H](O)[C@@H](OCCC(C)(C)C)O[C@H](CO[C@H]3O[C@H](CO)[C@@H](O)[C@H](O)[C@@H]3O)[C@H]2O)O[C@@H]1CO. The van der Waals surface area contributed by atoms with Crippen molar-refractivity contribution in [1.82, 2.24) is 0 Å². The summed E-state index contributed by atoms with van der Waals surface area (Å²) in [7, 11) is 0. The fourth-order valence-electron chi connectivity index (χ4n) is 6.45. The van der Waals surface area contributed by atoms with E-state index in [0.717, 1.165) is 6.42 Å². The minimum absolute atomic E-state index is 0.0914. The van der Waals surface area contributed by atoms with Gasteiger partial charge in [0.15, 0.2) is 25.2 Å². The monoisotopic (exact) mass is 850 g/mol. The van der Waals surface area contributed by atoms with E-state index in [1.807, 2.05) is 20.8 Å². The van der Waals surface area contributed by atoms with Crippen LogP contribution in [0, 0.1) is 16.7 Å². The molecule has 0 aromatic rings. The van der Waals surface area contributed by atoms with E-state index < -0.39 is 149 Å². The van der Waals surface area contributed by atoms with Gasteiger partial charge < -0.3 is 104 Å². The van der Waals surface area contributed by atoms with E-state index in [1.54, 1.807) is 6.92 Å². The lowest BCUT2D eigenvalue weighted by atomic mass is 9.91. The molecule has 0 amide bonds. The zero-order valence-electron chi connectivity index (χ0n) is 34.3. The molecule has 0 radical (unpaired) electrons. The Balaban J connectivity index is 0.000000417. The summed E-state index contributed by atoms with van der Waals surface area (Å²) in [6.07, 6.45) is -24.9. The van der Waals surface area contributed by atoms with Gasteiger partial charge in [0.2, 0.25) is 0 Å². The van der Waals surface area contributed by atoms with Crippen molar-refractivity contribution in [1.29, 1.82) is 0 Å². The van der Waals surface area contributed by atoms with Gasteiger partial charge in [0.1, 0.15) is 79.4 Å². The van der Waals surface area contributed by atoms with Gasteiger partial charge in [-0.3, -0.25) is 0 Å². The number of aliphatic hydroxyl groups excluding tert-OH is 13. The third-order valence-electron chi connectivity index (χ3n) is 10.6. The molecule has 344 valence electrons. The van der Waals surface area contributed by atoms with Crippen LogP contribution < -0.4 is 0 Å². The van der Waals surface area contributed by atoms with Crippen LogP contribution >= 0.6 is 0 Å². The molecule has 4 saturated heterocycles. The molecule has 13 N–H and O–H groups in total. The van der Waals surface area contributed by atoms with Gasteiger partial charge in [-0.1, -0.05) is 48.5 Å². The molecule has 4 aliphatic rings. The Kier molecular flexibility index (Phi) is 20.0. The normalized spacial score (nSPS) is 44.1. The minimum Gasteiger partial charge on any atom is -0.394 e. The van der Waals surface area contributed by atoms with Crippen LogP contribution in [0.4, 0.5) is 0 Å². The molecule has 20 atom stereocenters. The molecule has 4 heterocycles. The molecule has 21 heteroatoms. The van der Waals surface area contributed by atoms with E-state index in [9.17, 15) is 61.3 Å². The third-order valence-corrected chi connectivity index (χ3v) is 10.6. The summed E-state index contributed by atoms with van der Waals surface area (Å²) >= 11 is 0. The van der Waals surface area contributed by atoms with Gasteiger partial charge in [0.05, 0.1) is 51.8 Å². The van der Waals surface area contributed by atoms with Crippen molar-refractivity contribution in [3.8, 4) is 0 Å². The molecule has 4 aliphatic heterocycles. The van der Waals surface area contributed by atoms with E-state index in [0.29, 0.717) is 13.0 Å². The Morgan fingerprint density at radius 2 is 0.793 bits per heavy atom. The van der Waals surface area contributed by atoms with Crippen molar-refractivity contribution < 1.29 is 104 Å². The second-order valence-corrected chi connectivity index (χ2v) is 17.8. The van der Waals surface area contributed by atoms with Crippen LogP contribution in [0.5, 0.6) is 0 Å². The van der Waals surface area contributed by atoms with Gasteiger partial charge in [-0.05, 0) is 23.7 Å². The quantitative estimate of drug-likeness (QED) is 0.0782. The summed E-state index contributed by atoms with van der Waals surface area (Å²) in [5.74, 6) is -0.627. The summed E-state index contributed by atoms with van der Waals surface area (Å²) in [4.78, 5) is 0. The summed E-state index contributed by atoms with van der Waals surface area (Å²) in [6.45, 7) is 12.2. The van der Waals surface area contributed by atoms with Crippen molar-refractivity contribution in [2.75, 3.05) is 39.6 Å². The predicted octanol–water partition coefficient (Wildman–Crippen LogP) is -4.60. The van der Waals surface area contributed by atoms with Crippen LogP contribution in [0.1, 0.15) is 61.3 Å². The Labute approximate surface area is 338 Å². The Bertz CT molecular complexity index is 1170. The average molecular weight is 851 g/mol. The lowest BCUT2D eigenvalue weighted by Gasteiger charge is -2.47. The van der Waals surface area contributed by atoms with Crippen molar-refractivity contribution in [2.45, 2.75) is 178 Å². The fourth-order valence-corrected chi connectivity index (χ4v) is 6.45. The number of hydrogen-bond donors (Lipinski definition) is 13. The molecule has 4 fully saturated rings. The fraction of sp³-hybridized carbons (Fsp3) is 1.00. The highest BCUT2D eigenvalue weighted by Crippen LogP contribution is 2.33. The number of aliphatic hydroxyl groups is 13. The summed E-state index contributed by atoms with van der Waals surface area (Å²) in [6, 6.07) is 0. The second kappa shape index (κ2) is 22.5. The first-order valence-electron chi connectivity index (χ1n) is 19.7. The molecular formula is C37H70O21. The molecule has 0 aliphatic carbocycles. The highest BCUT2D eigenvalue weighted by atomic mass is 16.7. The first kappa shape index (κ1) is 51.5. The lowest BCUT2D eigenvalue weighted by Crippen LogP contribution is -2.64. The average Bonchev–Trinajstić information content (AvgIpc) is 3.15. The van der Waals surface area contributed by atoms with Crippen molar-refractivity contribution in [3.05, 3.63) is 0 Å². The van der Waals surface area contributed by atoms with E-state index in [-0.39, 0.29) is 17.4 Å². The zero-order valence-corrected chi connectivity index (χ0v) is 34.3. The molecule has 0 aromatic carbocycles. The van der Waals surface area contributed by atoms with E-state index in [1.165, 1.54) is 0 Å². The maximum Gasteiger partial charge on any atom is 0.187 e. The lowest BCUT2D eigenvalue weighted by molar-refractivity contribution is -0.363. The summed E-state index contributed by atoms with van der Waals surface area (Å²) in [5.41, 5.74) is -0.0129. The highest BCUT2D eigenvalue weighted by molar-refractivity contribution is 4.95. The molecule has 0 saturated carbocycles. The number of ether oxygens (including phenoxy) is 8. The maximum absolute atomic E-state index is 11.1. The van der Waals surface area contributed by atoms with E-state index >= 15 is 0 Å². The van der Waals surface area contributed by atoms with Gasteiger partial charge >= 0.3 is 0 Å². The third kappa shape index (κ3) is 13.8. The Hall–Kier alpha value is -0.840. The number of hydrogen-bond acceptors (Lipinski definition) is 21. The molecule has 0 bridgehead atoms. The summed E-state index contributed by atoms with van der Waals surface area (Å²) < 4.78 is 44.3. The maximum atomic E-state index is 11.1. The standard InChI is InChI=1S/C25H46O15.C12H24O6/c1-10-11(7-26)37-24(18(32)14(10)28)40-21-16(30)13(39-23(20(21)34)35-6-5-25(2,3)4)9-36-22-19(33)17(31)15(29)12(8-27)38-22;1-12(2,3)4-5-17-11-10(16)9(15)8(14)7(6-13)18-11/h10-24,26-34H,5-9H2,1-4H3;7-11,13-16H,4-6H2,1-3H3/t10-,11-,12-,13-,14+,15-,16-,17+,18+,19+,20+,21+,22+,23+,24-;7-,8-,9+,10+,11+/m11/s1. The molecule has 21 nitrogen and oxygen atoms in total. The molecule has 0 spiro atoms. The van der Waals surface area contributed by atoms with Crippen molar-refractivity contribution >= 4 is 0 Å². The van der Waals surface area contributed by atoms with Crippen LogP contribution in [0.15, 0.2) is 0 Å². The van der Waals surface area contributed by atoms with E-state index in [2.05, 4.69) is 20.8 Å².